The third-order valence-electron chi connectivity index (χ3n) is 2.61. The Kier molecular flexibility index (Phi) is 3.69. The Morgan fingerprint density at radius 1 is 1.53 bits per heavy atom. The van der Waals surface area contributed by atoms with Crippen molar-refractivity contribution in [2.45, 2.75) is 12.8 Å². The van der Waals surface area contributed by atoms with E-state index < -0.39 is 5.97 Å². The van der Waals surface area contributed by atoms with E-state index in [-0.39, 0.29) is 0 Å². The topological polar surface area (TPSA) is 46.5 Å². The molecule has 0 radical (unpaired) electrons. The molecule has 0 saturated heterocycles. The second-order valence-electron chi connectivity index (χ2n) is 4.08. The molecule has 1 fully saturated rings. The van der Waals surface area contributed by atoms with Crippen molar-refractivity contribution in [3.05, 3.63) is 40.9 Å². The number of carboxylic acids is 1. The molecule has 1 aliphatic rings. The van der Waals surface area contributed by atoms with Crippen molar-refractivity contribution in [2.24, 2.45) is 5.92 Å². The van der Waals surface area contributed by atoms with E-state index in [1.54, 1.807) is 24.3 Å². The summed E-state index contributed by atoms with van der Waals surface area (Å²) in [6.07, 6.45) is 3.36. The molecule has 0 atom stereocenters. The van der Waals surface area contributed by atoms with E-state index in [9.17, 15) is 4.79 Å². The molecule has 1 saturated carbocycles. The standard InChI is InChI=1S/C13H13ClO3/c14-11-2-1-3-12(7-11)17-8-10(6-13(15)16)9-4-5-9/h1-3,6-7,9H,4-5,8H2,(H,15,16)/b10-6-. The highest BCUT2D eigenvalue weighted by atomic mass is 35.5. The molecule has 17 heavy (non-hydrogen) atoms. The van der Waals surface area contributed by atoms with Crippen LogP contribution in [-0.2, 0) is 4.79 Å². The normalized spacial score (nSPS) is 15.7. The molecule has 1 aromatic rings. The molecule has 0 bridgehead atoms. The number of benzene rings is 1. The van der Waals surface area contributed by atoms with E-state index >= 15 is 0 Å². The third-order valence-corrected chi connectivity index (χ3v) is 2.85. The summed E-state index contributed by atoms with van der Waals surface area (Å²) >= 11 is 5.83. The van der Waals surface area contributed by atoms with E-state index in [2.05, 4.69) is 0 Å². The molecular formula is C13H13ClO3. The van der Waals surface area contributed by atoms with Gasteiger partial charge in [0.25, 0.3) is 0 Å². The summed E-state index contributed by atoms with van der Waals surface area (Å²) in [5, 5.41) is 9.36. The summed E-state index contributed by atoms with van der Waals surface area (Å²) in [5.41, 5.74) is 0.845. The van der Waals surface area contributed by atoms with Crippen molar-refractivity contribution in [1.82, 2.24) is 0 Å². The first-order chi connectivity index (χ1) is 8.15. The van der Waals surface area contributed by atoms with Crippen LogP contribution in [0, 0.1) is 5.92 Å². The molecule has 2 rings (SSSR count). The number of halogens is 1. The molecule has 1 aliphatic carbocycles. The molecule has 0 unspecified atom stereocenters. The maximum Gasteiger partial charge on any atom is 0.328 e. The Morgan fingerprint density at radius 3 is 2.88 bits per heavy atom. The minimum atomic E-state index is -0.915. The number of hydrogen-bond donors (Lipinski definition) is 1. The summed E-state index contributed by atoms with van der Waals surface area (Å²) in [4.78, 5) is 10.7. The van der Waals surface area contributed by atoms with E-state index in [1.165, 1.54) is 6.08 Å². The molecule has 0 heterocycles. The maximum absolute atomic E-state index is 10.7. The summed E-state index contributed by atoms with van der Waals surface area (Å²) < 4.78 is 5.54. The number of rotatable bonds is 5. The van der Waals surface area contributed by atoms with E-state index in [1.807, 2.05) is 0 Å². The Morgan fingerprint density at radius 2 is 2.29 bits per heavy atom. The van der Waals surface area contributed by atoms with Crippen LogP contribution < -0.4 is 4.74 Å². The zero-order valence-electron chi connectivity index (χ0n) is 9.23. The predicted molar refractivity (Wildman–Crippen MR) is 65.4 cm³/mol. The Balaban J connectivity index is 1.98. The zero-order valence-corrected chi connectivity index (χ0v) is 9.98. The van der Waals surface area contributed by atoms with Crippen LogP contribution in [0.15, 0.2) is 35.9 Å². The van der Waals surface area contributed by atoms with Gasteiger partial charge in [0.2, 0.25) is 0 Å². The van der Waals surface area contributed by atoms with Crippen LogP contribution in [0.25, 0.3) is 0 Å². The first-order valence-electron chi connectivity index (χ1n) is 5.47. The van der Waals surface area contributed by atoms with Crippen LogP contribution in [0.3, 0.4) is 0 Å². The number of aliphatic carboxylic acids is 1. The van der Waals surface area contributed by atoms with Crippen molar-refractivity contribution >= 4 is 17.6 Å². The fourth-order valence-electron chi connectivity index (χ4n) is 1.61. The van der Waals surface area contributed by atoms with Gasteiger partial charge in [0.15, 0.2) is 0 Å². The van der Waals surface area contributed by atoms with Gasteiger partial charge in [0.1, 0.15) is 12.4 Å². The quantitative estimate of drug-likeness (QED) is 0.819. The van der Waals surface area contributed by atoms with Gasteiger partial charge in [0, 0.05) is 11.1 Å². The summed E-state index contributed by atoms with van der Waals surface area (Å²) in [6.45, 7) is 0.317. The Bertz CT molecular complexity index is 450. The molecule has 1 N–H and O–H groups in total. The Labute approximate surface area is 105 Å². The fourth-order valence-corrected chi connectivity index (χ4v) is 1.79. The number of hydrogen-bond acceptors (Lipinski definition) is 2. The molecule has 0 aromatic heterocycles. The van der Waals surface area contributed by atoms with Gasteiger partial charge in [-0.25, -0.2) is 4.79 Å². The summed E-state index contributed by atoms with van der Waals surface area (Å²) in [7, 11) is 0. The first-order valence-corrected chi connectivity index (χ1v) is 5.84. The van der Waals surface area contributed by atoms with E-state index in [0.29, 0.717) is 23.3 Å². The molecular weight excluding hydrogens is 240 g/mol. The summed E-state index contributed by atoms with van der Waals surface area (Å²) in [6, 6.07) is 7.09. The van der Waals surface area contributed by atoms with Gasteiger partial charge in [-0.1, -0.05) is 17.7 Å². The minimum absolute atomic E-state index is 0.317. The van der Waals surface area contributed by atoms with Crippen molar-refractivity contribution in [3.8, 4) is 5.75 Å². The van der Waals surface area contributed by atoms with Crippen LogP contribution >= 0.6 is 11.6 Å². The third kappa shape index (κ3) is 3.79. The molecule has 0 aliphatic heterocycles. The minimum Gasteiger partial charge on any atom is -0.489 e. The average molecular weight is 253 g/mol. The summed E-state index contributed by atoms with van der Waals surface area (Å²) in [5.74, 6) is 0.126. The predicted octanol–water partition coefficient (Wildman–Crippen LogP) is 3.14. The van der Waals surface area contributed by atoms with Gasteiger partial charge in [0.05, 0.1) is 0 Å². The molecule has 3 nitrogen and oxygen atoms in total. The molecule has 90 valence electrons. The number of carbonyl (C=O) groups is 1. The van der Waals surface area contributed by atoms with Gasteiger partial charge in [-0.05, 0) is 42.5 Å². The van der Waals surface area contributed by atoms with Gasteiger partial charge in [-0.3, -0.25) is 0 Å². The van der Waals surface area contributed by atoms with Gasteiger partial charge >= 0.3 is 5.97 Å². The first kappa shape index (κ1) is 12.0. The van der Waals surface area contributed by atoms with Gasteiger partial charge < -0.3 is 9.84 Å². The van der Waals surface area contributed by atoms with Crippen LogP contribution in [0.5, 0.6) is 5.75 Å². The maximum atomic E-state index is 10.7. The second kappa shape index (κ2) is 5.23. The number of ether oxygens (including phenoxy) is 1. The SMILES string of the molecule is O=C(O)/C=C(/COc1cccc(Cl)c1)C1CC1. The highest BCUT2D eigenvalue weighted by Crippen LogP contribution is 2.36. The van der Waals surface area contributed by atoms with E-state index in [0.717, 1.165) is 18.4 Å². The lowest BCUT2D eigenvalue weighted by Crippen LogP contribution is -2.05. The van der Waals surface area contributed by atoms with Crippen molar-refractivity contribution < 1.29 is 14.6 Å². The molecule has 4 heteroatoms. The number of carboxylic acid groups (broad SMARTS) is 1. The monoisotopic (exact) mass is 252 g/mol. The smallest absolute Gasteiger partial charge is 0.328 e. The Hall–Kier alpha value is -1.48. The van der Waals surface area contributed by atoms with Gasteiger partial charge in [-0.15, -0.1) is 0 Å². The van der Waals surface area contributed by atoms with Crippen molar-refractivity contribution in [2.75, 3.05) is 6.61 Å². The highest BCUT2D eigenvalue weighted by Gasteiger charge is 2.26. The van der Waals surface area contributed by atoms with Crippen LogP contribution in [0.2, 0.25) is 5.02 Å². The zero-order chi connectivity index (χ0) is 12.3. The average Bonchev–Trinajstić information content (AvgIpc) is 3.07. The fraction of sp³-hybridized carbons (Fsp3) is 0.308. The van der Waals surface area contributed by atoms with Crippen LogP contribution in [0.4, 0.5) is 0 Å². The van der Waals surface area contributed by atoms with Crippen LogP contribution in [-0.4, -0.2) is 17.7 Å². The molecule has 0 spiro atoms. The van der Waals surface area contributed by atoms with E-state index in [4.69, 9.17) is 21.4 Å². The molecule has 1 aromatic carbocycles. The van der Waals surface area contributed by atoms with Crippen molar-refractivity contribution in [3.63, 3.8) is 0 Å². The van der Waals surface area contributed by atoms with Gasteiger partial charge in [-0.2, -0.15) is 0 Å². The second-order valence-corrected chi connectivity index (χ2v) is 4.51. The lowest BCUT2D eigenvalue weighted by Gasteiger charge is -2.08. The van der Waals surface area contributed by atoms with Crippen molar-refractivity contribution in [1.29, 1.82) is 0 Å². The largest absolute Gasteiger partial charge is 0.489 e. The lowest BCUT2D eigenvalue weighted by molar-refractivity contribution is -0.131. The van der Waals surface area contributed by atoms with Crippen LogP contribution in [0.1, 0.15) is 12.8 Å². The highest BCUT2D eigenvalue weighted by molar-refractivity contribution is 6.30. The lowest BCUT2D eigenvalue weighted by atomic mass is 10.1. The molecule has 0 amide bonds.